The Kier molecular flexibility index (Phi) is 3.75. The molecule has 1 saturated carbocycles. The maximum absolute atomic E-state index is 12.0. The lowest BCUT2D eigenvalue weighted by molar-refractivity contribution is 0.0532. The van der Waals surface area contributed by atoms with Gasteiger partial charge in [0.25, 0.3) is 0 Å². The average Bonchev–Trinajstić information content (AvgIpc) is 2.75. The molecule has 0 heterocycles. The van der Waals surface area contributed by atoms with Crippen LogP contribution in [0, 0.1) is 6.92 Å². The Morgan fingerprint density at radius 3 is 2.33 bits per heavy atom. The molecule has 1 aromatic carbocycles. The number of aryl methyl sites for hydroxylation is 1. The van der Waals surface area contributed by atoms with Gasteiger partial charge in [0, 0.05) is 6.54 Å². The van der Waals surface area contributed by atoms with Gasteiger partial charge in [-0.15, -0.1) is 0 Å². The third kappa shape index (κ3) is 3.10. The molecule has 2 rings (SSSR count). The molecule has 18 heavy (non-hydrogen) atoms. The van der Waals surface area contributed by atoms with Gasteiger partial charge in [-0.3, -0.25) is 0 Å². The van der Waals surface area contributed by atoms with Crippen LogP contribution in [0.5, 0.6) is 0 Å². The van der Waals surface area contributed by atoms with Crippen molar-refractivity contribution in [2.24, 2.45) is 0 Å². The maximum atomic E-state index is 12.0. The molecule has 0 bridgehead atoms. The highest BCUT2D eigenvalue weighted by Gasteiger charge is 2.32. The first-order valence-corrected chi connectivity index (χ1v) is 7.68. The molecular weight excluding hydrogens is 250 g/mol. The molecular formula is C13H19NO3S. The van der Waals surface area contributed by atoms with Gasteiger partial charge < -0.3 is 5.11 Å². The third-order valence-electron chi connectivity index (χ3n) is 3.46. The van der Waals surface area contributed by atoms with Gasteiger partial charge in [-0.2, -0.15) is 0 Å². The zero-order valence-corrected chi connectivity index (χ0v) is 11.3. The number of nitrogens with one attached hydrogen (secondary N) is 1. The first-order valence-electron chi connectivity index (χ1n) is 6.20. The number of sulfonamides is 1. The van der Waals surface area contributed by atoms with E-state index in [1.807, 2.05) is 6.92 Å². The zero-order valence-electron chi connectivity index (χ0n) is 10.5. The fourth-order valence-corrected chi connectivity index (χ4v) is 3.36. The predicted molar refractivity (Wildman–Crippen MR) is 69.8 cm³/mol. The van der Waals surface area contributed by atoms with Crippen LogP contribution in [-0.2, 0) is 10.0 Å². The Balaban J connectivity index is 2.05. The zero-order chi connectivity index (χ0) is 13.2. The largest absolute Gasteiger partial charge is 0.389 e. The molecule has 0 radical (unpaired) electrons. The second-order valence-electron chi connectivity index (χ2n) is 5.07. The van der Waals surface area contributed by atoms with Gasteiger partial charge >= 0.3 is 0 Å². The molecule has 4 nitrogen and oxygen atoms in total. The Morgan fingerprint density at radius 1 is 1.22 bits per heavy atom. The van der Waals surface area contributed by atoms with Crippen LogP contribution in [0.2, 0.25) is 0 Å². The summed E-state index contributed by atoms with van der Waals surface area (Å²) in [5.41, 5.74) is 0.154. The van der Waals surface area contributed by atoms with E-state index in [-0.39, 0.29) is 11.4 Å². The van der Waals surface area contributed by atoms with E-state index >= 15 is 0 Å². The third-order valence-corrected chi connectivity index (χ3v) is 4.87. The fraction of sp³-hybridized carbons (Fsp3) is 0.538. The first-order chi connectivity index (χ1) is 8.41. The van der Waals surface area contributed by atoms with E-state index in [0.717, 1.165) is 18.4 Å². The number of rotatable bonds is 4. The van der Waals surface area contributed by atoms with Crippen molar-refractivity contribution in [1.29, 1.82) is 0 Å². The predicted octanol–water partition coefficient (Wildman–Crippen LogP) is 1.58. The van der Waals surface area contributed by atoms with E-state index < -0.39 is 15.6 Å². The topological polar surface area (TPSA) is 66.4 Å². The van der Waals surface area contributed by atoms with Crippen LogP contribution < -0.4 is 4.72 Å². The summed E-state index contributed by atoms with van der Waals surface area (Å²) in [6, 6.07) is 6.68. The van der Waals surface area contributed by atoms with Crippen molar-refractivity contribution in [2.45, 2.75) is 43.1 Å². The molecule has 0 spiro atoms. The molecule has 0 amide bonds. The van der Waals surface area contributed by atoms with Crippen molar-refractivity contribution >= 4 is 10.0 Å². The molecule has 1 aliphatic rings. The monoisotopic (exact) mass is 269 g/mol. The fourth-order valence-electron chi connectivity index (χ4n) is 2.24. The summed E-state index contributed by atoms with van der Waals surface area (Å²) in [6.45, 7) is 2.01. The summed E-state index contributed by atoms with van der Waals surface area (Å²) in [6.07, 6.45) is 3.26. The molecule has 0 aliphatic heterocycles. The Hall–Kier alpha value is -0.910. The number of hydrogen-bond acceptors (Lipinski definition) is 3. The summed E-state index contributed by atoms with van der Waals surface area (Å²) >= 11 is 0. The molecule has 1 aliphatic carbocycles. The minimum atomic E-state index is -3.51. The molecule has 2 N–H and O–H groups in total. The van der Waals surface area contributed by atoms with Crippen molar-refractivity contribution < 1.29 is 13.5 Å². The first kappa shape index (κ1) is 13.5. The van der Waals surface area contributed by atoms with Crippen LogP contribution in [0.1, 0.15) is 31.2 Å². The Morgan fingerprint density at radius 2 is 1.78 bits per heavy atom. The summed E-state index contributed by atoms with van der Waals surface area (Å²) < 4.78 is 26.5. The summed E-state index contributed by atoms with van der Waals surface area (Å²) in [5.74, 6) is 0. The standard InChI is InChI=1S/C13H19NO3S/c1-11-4-6-12(7-5-11)18(16,17)14-10-13(15)8-2-3-9-13/h4-7,14-15H,2-3,8-10H2,1H3. The van der Waals surface area contributed by atoms with E-state index in [9.17, 15) is 13.5 Å². The highest BCUT2D eigenvalue weighted by Crippen LogP contribution is 2.29. The van der Waals surface area contributed by atoms with Gasteiger partial charge in [0.15, 0.2) is 0 Å². The van der Waals surface area contributed by atoms with Gasteiger partial charge in [0.1, 0.15) is 0 Å². The van der Waals surface area contributed by atoms with Gasteiger partial charge in [-0.25, -0.2) is 13.1 Å². The van der Waals surface area contributed by atoms with E-state index in [1.54, 1.807) is 24.3 Å². The summed E-state index contributed by atoms with van der Waals surface area (Å²) in [5, 5.41) is 10.1. The SMILES string of the molecule is Cc1ccc(S(=O)(=O)NCC2(O)CCCC2)cc1. The van der Waals surface area contributed by atoms with Crippen LogP contribution in [0.15, 0.2) is 29.2 Å². The van der Waals surface area contributed by atoms with Crippen molar-refractivity contribution in [1.82, 2.24) is 4.72 Å². The van der Waals surface area contributed by atoms with Gasteiger partial charge in [0.05, 0.1) is 10.5 Å². The molecule has 0 unspecified atom stereocenters. The molecule has 0 aromatic heterocycles. The molecule has 0 saturated heterocycles. The second kappa shape index (κ2) is 4.99. The molecule has 0 atom stereocenters. The quantitative estimate of drug-likeness (QED) is 0.872. The highest BCUT2D eigenvalue weighted by atomic mass is 32.2. The lowest BCUT2D eigenvalue weighted by Crippen LogP contribution is -2.40. The van der Waals surface area contributed by atoms with E-state index in [2.05, 4.69) is 4.72 Å². The molecule has 100 valence electrons. The van der Waals surface area contributed by atoms with Gasteiger partial charge in [0.2, 0.25) is 10.0 Å². The average molecular weight is 269 g/mol. The summed E-state index contributed by atoms with van der Waals surface area (Å²) in [7, 11) is -3.51. The number of hydrogen-bond donors (Lipinski definition) is 2. The van der Waals surface area contributed by atoms with Crippen molar-refractivity contribution in [3.05, 3.63) is 29.8 Å². The van der Waals surface area contributed by atoms with E-state index in [1.165, 1.54) is 0 Å². The lowest BCUT2D eigenvalue weighted by Gasteiger charge is -2.22. The van der Waals surface area contributed by atoms with Crippen LogP contribution in [0.3, 0.4) is 0 Å². The molecule has 1 aromatic rings. The van der Waals surface area contributed by atoms with Crippen molar-refractivity contribution in [3.63, 3.8) is 0 Å². The van der Waals surface area contributed by atoms with Crippen molar-refractivity contribution in [3.8, 4) is 0 Å². The highest BCUT2D eigenvalue weighted by molar-refractivity contribution is 7.89. The lowest BCUT2D eigenvalue weighted by atomic mass is 10.0. The summed E-state index contributed by atoms with van der Waals surface area (Å²) in [4.78, 5) is 0.245. The van der Waals surface area contributed by atoms with Crippen LogP contribution in [0.4, 0.5) is 0 Å². The van der Waals surface area contributed by atoms with Crippen LogP contribution in [0.25, 0.3) is 0 Å². The van der Waals surface area contributed by atoms with Crippen LogP contribution >= 0.6 is 0 Å². The minimum absolute atomic E-state index is 0.100. The number of aliphatic hydroxyl groups is 1. The van der Waals surface area contributed by atoms with Crippen molar-refractivity contribution in [2.75, 3.05) is 6.54 Å². The van der Waals surface area contributed by atoms with Crippen LogP contribution in [-0.4, -0.2) is 25.7 Å². The Labute approximate surface area is 108 Å². The smallest absolute Gasteiger partial charge is 0.240 e. The molecule has 5 heteroatoms. The van der Waals surface area contributed by atoms with Gasteiger partial charge in [-0.1, -0.05) is 30.5 Å². The maximum Gasteiger partial charge on any atom is 0.240 e. The van der Waals surface area contributed by atoms with E-state index in [0.29, 0.717) is 12.8 Å². The minimum Gasteiger partial charge on any atom is -0.389 e. The normalized spacial score (nSPS) is 19.0. The Bertz CT molecular complexity index is 502. The second-order valence-corrected chi connectivity index (χ2v) is 6.84. The molecule has 1 fully saturated rings. The van der Waals surface area contributed by atoms with E-state index in [4.69, 9.17) is 0 Å². The van der Waals surface area contributed by atoms with Gasteiger partial charge in [-0.05, 0) is 31.9 Å². The number of benzene rings is 1.